The quantitative estimate of drug-likeness (QED) is 0.684. The number of aromatic amines is 1. The molecular weight excluding hydrogens is 396 g/mol. The summed E-state index contributed by atoms with van der Waals surface area (Å²) >= 11 is 0. The molecule has 3 aromatic rings. The Hall–Kier alpha value is -3.55. The van der Waals surface area contributed by atoms with Crippen molar-refractivity contribution in [2.75, 3.05) is 26.8 Å². The summed E-state index contributed by atoms with van der Waals surface area (Å²) in [4.78, 5) is 35.0. The zero-order valence-corrected chi connectivity index (χ0v) is 17.3. The molecule has 8 heteroatoms. The Balaban J connectivity index is 1.31. The lowest BCUT2D eigenvalue weighted by Crippen LogP contribution is -2.50. The van der Waals surface area contributed by atoms with Crippen LogP contribution in [0.3, 0.4) is 0 Å². The van der Waals surface area contributed by atoms with Gasteiger partial charge in [-0.25, -0.2) is 4.98 Å². The van der Waals surface area contributed by atoms with E-state index in [0.717, 1.165) is 12.1 Å². The number of nitrogens with zero attached hydrogens (tertiary/aromatic N) is 3. The monoisotopic (exact) mass is 420 g/mol. The highest BCUT2D eigenvalue weighted by Gasteiger charge is 2.36. The molecule has 1 saturated heterocycles. The molecule has 160 valence electrons. The number of fused-ring (bicyclic) bond motifs is 4. The third-order valence-corrected chi connectivity index (χ3v) is 6.11. The minimum Gasteiger partial charge on any atom is -0.497 e. The van der Waals surface area contributed by atoms with Gasteiger partial charge in [0.2, 0.25) is 0 Å². The van der Waals surface area contributed by atoms with Gasteiger partial charge in [-0.15, -0.1) is 0 Å². The number of carbonyl (C=O) groups is 1. The lowest BCUT2D eigenvalue weighted by atomic mass is 9.83. The average molecular weight is 420 g/mol. The predicted octanol–water partition coefficient (Wildman–Crippen LogP) is 2.27. The van der Waals surface area contributed by atoms with Crippen molar-refractivity contribution in [3.63, 3.8) is 0 Å². The number of piperidine rings is 1. The normalized spacial score (nSPS) is 19.6. The Kier molecular flexibility index (Phi) is 4.97. The first-order chi connectivity index (χ1) is 15.1. The minimum absolute atomic E-state index is 0.0170. The summed E-state index contributed by atoms with van der Waals surface area (Å²) in [5.74, 6) is 2.23. The first kappa shape index (κ1) is 19.4. The maximum atomic E-state index is 13.1. The number of benzene rings is 1. The largest absolute Gasteiger partial charge is 0.497 e. The molecule has 0 aliphatic carbocycles. The molecule has 0 radical (unpaired) electrons. The summed E-state index contributed by atoms with van der Waals surface area (Å²) in [7, 11) is 1.59. The second-order valence-electron chi connectivity index (χ2n) is 8.09. The lowest BCUT2D eigenvalue weighted by Gasteiger charge is -2.42. The van der Waals surface area contributed by atoms with Crippen LogP contribution in [0.2, 0.25) is 0 Å². The van der Waals surface area contributed by atoms with Crippen molar-refractivity contribution in [1.82, 2.24) is 19.4 Å². The van der Waals surface area contributed by atoms with Gasteiger partial charge in [0.1, 0.15) is 17.3 Å². The van der Waals surface area contributed by atoms with Crippen molar-refractivity contribution in [3.05, 3.63) is 64.8 Å². The van der Waals surface area contributed by atoms with Crippen LogP contribution in [0.4, 0.5) is 0 Å². The smallest absolute Gasteiger partial charge is 0.261 e. The molecule has 0 saturated carbocycles. The summed E-state index contributed by atoms with van der Waals surface area (Å²) in [5.41, 5.74) is 1.54. The van der Waals surface area contributed by atoms with Gasteiger partial charge < -0.3 is 23.9 Å². The van der Waals surface area contributed by atoms with Gasteiger partial charge >= 0.3 is 0 Å². The van der Waals surface area contributed by atoms with Crippen LogP contribution in [-0.2, 0) is 11.3 Å². The third kappa shape index (κ3) is 3.69. The van der Waals surface area contributed by atoms with E-state index in [2.05, 4.69) is 9.97 Å². The maximum Gasteiger partial charge on any atom is 0.261 e. The summed E-state index contributed by atoms with van der Waals surface area (Å²) in [6.07, 6.45) is 4.34. The second kappa shape index (κ2) is 7.94. The van der Waals surface area contributed by atoms with Crippen molar-refractivity contribution in [1.29, 1.82) is 0 Å². The van der Waals surface area contributed by atoms with Gasteiger partial charge in [-0.2, -0.15) is 0 Å². The fraction of sp³-hybridized carbons (Fsp3) is 0.348. The van der Waals surface area contributed by atoms with Crippen LogP contribution in [0.15, 0.2) is 53.6 Å². The molecule has 2 aliphatic heterocycles. The number of nitrogens with one attached hydrogen (secondary N) is 1. The standard InChI is InChI=1S/C23H24N4O4/c1-30-17-3-2-4-18(10-17)31-14-21(28)26-11-15-9-16(13-26)20-6-5-19(22-24-7-8-25-22)23(29)27(20)12-15/h2-8,10,15-16H,9,11-14H2,1H3,(H,24,25)/t15-,16+/m0/s1. The third-order valence-electron chi connectivity index (χ3n) is 6.11. The van der Waals surface area contributed by atoms with Crippen LogP contribution >= 0.6 is 0 Å². The number of hydrogen-bond donors (Lipinski definition) is 1. The van der Waals surface area contributed by atoms with E-state index in [-0.39, 0.29) is 29.9 Å². The van der Waals surface area contributed by atoms with Gasteiger partial charge in [0, 0.05) is 49.7 Å². The Morgan fingerprint density at radius 2 is 2.06 bits per heavy atom. The van der Waals surface area contributed by atoms with Crippen LogP contribution in [0.1, 0.15) is 18.0 Å². The van der Waals surface area contributed by atoms with Crippen molar-refractivity contribution in [3.8, 4) is 22.9 Å². The fourth-order valence-corrected chi connectivity index (χ4v) is 4.67. The van der Waals surface area contributed by atoms with Gasteiger partial charge in [-0.05, 0) is 36.6 Å². The Labute approximate surface area is 179 Å². The Bertz CT molecular complexity index is 1150. The molecule has 2 bridgehead atoms. The van der Waals surface area contributed by atoms with E-state index in [4.69, 9.17) is 9.47 Å². The molecular formula is C23H24N4O4. The molecule has 1 amide bonds. The first-order valence-corrected chi connectivity index (χ1v) is 10.4. The highest BCUT2D eigenvalue weighted by molar-refractivity contribution is 5.78. The molecule has 0 unspecified atom stereocenters. The van der Waals surface area contributed by atoms with E-state index in [0.29, 0.717) is 42.5 Å². The first-order valence-electron chi connectivity index (χ1n) is 10.4. The highest BCUT2D eigenvalue weighted by atomic mass is 16.5. The SMILES string of the molecule is COc1cccc(OCC(=O)N2C[C@@H]3C[C@H](C2)c2ccc(-c4ncc[nH]4)c(=O)n2C3)c1. The van der Waals surface area contributed by atoms with E-state index < -0.39 is 0 Å². The number of ether oxygens (including phenoxy) is 2. The van der Waals surface area contributed by atoms with Gasteiger partial charge in [0.05, 0.1) is 12.7 Å². The van der Waals surface area contributed by atoms with Gasteiger partial charge in [-0.3, -0.25) is 9.59 Å². The second-order valence-corrected chi connectivity index (χ2v) is 8.09. The molecule has 1 N–H and O–H groups in total. The number of likely N-dealkylation sites (tertiary alicyclic amines) is 1. The lowest BCUT2D eigenvalue weighted by molar-refractivity contribution is -0.136. The maximum absolute atomic E-state index is 13.1. The molecule has 1 fully saturated rings. The van der Waals surface area contributed by atoms with Crippen LogP contribution in [-0.4, -0.2) is 52.1 Å². The number of pyridine rings is 1. The number of carbonyl (C=O) groups excluding carboxylic acids is 1. The van der Waals surface area contributed by atoms with Crippen LogP contribution in [0.5, 0.6) is 11.5 Å². The van der Waals surface area contributed by atoms with Crippen LogP contribution < -0.4 is 15.0 Å². The molecule has 8 nitrogen and oxygen atoms in total. The van der Waals surface area contributed by atoms with E-state index >= 15 is 0 Å². The summed E-state index contributed by atoms with van der Waals surface area (Å²) in [5, 5.41) is 0. The number of amides is 1. The summed E-state index contributed by atoms with van der Waals surface area (Å²) in [6, 6.07) is 11.1. The zero-order valence-electron chi connectivity index (χ0n) is 17.3. The minimum atomic E-state index is -0.0412. The number of H-pyrrole nitrogens is 1. The van der Waals surface area contributed by atoms with Crippen LogP contribution in [0.25, 0.3) is 11.4 Å². The van der Waals surface area contributed by atoms with Crippen molar-refractivity contribution in [2.24, 2.45) is 5.92 Å². The molecule has 4 heterocycles. The van der Waals surface area contributed by atoms with Crippen LogP contribution in [0, 0.1) is 5.92 Å². The van der Waals surface area contributed by atoms with Gasteiger partial charge in [0.15, 0.2) is 6.61 Å². The van der Waals surface area contributed by atoms with E-state index in [1.807, 2.05) is 33.7 Å². The molecule has 1 aromatic carbocycles. The van der Waals surface area contributed by atoms with Crippen molar-refractivity contribution < 1.29 is 14.3 Å². The number of rotatable bonds is 5. The molecule has 5 rings (SSSR count). The molecule has 0 spiro atoms. The summed E-state index contributed by atoms with van der Waals surface area (Å²) < 4.78 is 12.8. The number of aromatic nitrogens is 3. The number of methoxy groups -OCH3 is 1. The highest BCUT2D eigenvalue weighted by Crippen LogP contribution is 2.35. The van der Waals surface area contributed by atoms with E-state index in [9.17, 15) is 9.59 Å². The summed E-state index contributed by atoms with van der Waals surface area (Å²) in [6.45, 7) is 1.82. The van der Waals surface area contributed by atoms with Crippen molar-refractivity contribution in [2.45, 2.75) is 18.9 Å². The zero-order chi connectivity index (χ0) is 21.4. The topological polar surface area (TPSA) is 89.5 Å². The molecule has 2 aliphatic rings. The van der Waals surface area contributed by atoms with E-state index in [1.54, 1.807) is 31.6 Å². The van der Waals surface area contributed by atoms with E-state index in [1.165, 1.54) is 0 Å². The number of hydrogen-bond acceptors (Lipinski definition) is 5. The molecule has 31 heavy (non-hydrogen) atoms. The predicted molar refractivity (Wildman–Crippen MR) is 114 cm³/mol. The van der Waals surface area contributed by atoms with Gasteiger partial charge in [0.25, 0.3) is 11.5 Å². The van der Waals surface area contributed by atoms with Crippen molar-refractivity contribution >= 4 is 5.91 Å². The Morgan fingerprint density at radius 3 is 2.87 bits per heavy atom. The molecule has 2 atom stereocenters. The van der Waals surface area contributed by atoms with Gasteiger partial charge in [-0.1, -0.05) is 6.07 Å². The fourth-order valence-electron chi connectivity index (χ4n) is 4.67. The Morgan fingerprint density at radius 1 is 1.19 bits per heavy atom. The molecule has 2 aromatic heterocycles. The average Bonchev–Trinajstić information content (AvgIpc) is 3.33. The number of imidazole rings is 1.